The summed E-state index contributed by atoms with van der Waals surface area (Å²) in [6.45, 7) is 3.72. The van der Waals surface area contributed by atoms with Gasteiger partial charge in [0, 0.05) is 46.7 Å². The van der Waals surface area contributed by atoms with Gasteiger partial charge in [0.05, 0.1) is 53.2 Å². The van der Waals surface area contributed by atoms with Crippen LogP contribution in [0.3, 0.4) is 0 Å². The van der Waals surface area contributed by atoms with Crippen LogP contribution >= 0.6 is 0 Å². The minimum absolute atomic E-state index is 0.0958. The second-order valence-corrected chi connectivity index (χ2v) is 8.51. The number of likely N-dealkylation sites (tertiary alicyclic amines) is 1. The Morgan fingerprint density at radius 1 is 1.14 bits per heavy atom. The molecule has 0 radical (unpaired) electrons. The number of amides is 1. The van der Waals surface area contributed by atoms with Crippen molar-refractivity contribution >= 4 is 45.8 Å². The zero-order valence-corrected chi connectivity index (χ0v) is 20.0. The molecule has 0 aliphatic carbocycles. The maximum Gasteiger partial charge on any atom is 0.238 e. The third kappa shape index (κ3) is 4.90. The Kier molecular flexibility index (Phi) is 6.01. The number of ether oxygens (including phenoxy) is 1. The van der Waals surface area contributed by atoms with Crippen LogP contribution in [0.4, 0.5) is 28.8 Å². The monoisotopic (exact) mass is 477 g/mol. The summed E-state index contributed by atoms with van der Waals surface area (Å²) in [6.07, 6.45) is 7.10. The Morgan fingerprint density at radius 2 is 1.97 bits per heavy atom. The average molecular weight is 478 g/mol. The number of rotatable bonds is 8. The van der Waals surface area contributed by atoms with Crippen molar-refractivity contribution in [3.05, 3.63) is 36.5 Å². The van der Waals surface area contributed by atoms with Crippen molar-refractivity contribution in [2.45, 2.75) is 13.0 Å². The van der Waals surface area contributed by atoms with Gasteiger partial charge in [0.15, 0.2) is 11.5 Å². The molecule has 1 aliphatic heterocycles. The molecule has 182 valence electrons. The Bertz CT molecular complexity index is 1370. The first-order valence-electron chi connectivity index (χ1n) is 11.1. The van der Waals surface area contributed by atoms with Gasteiger partial charge in [-0.2, -0.15) is 15.2 Å². The second kappa shape index (κ2) is 9.27. The van der Waals surface area contributed by atoms with Crippen LogP contribution in [0.5, 0.6) is 0 Å². The highest BCUT2D eigenvalue weighted by Crippen LogP contribution is 2.27. The molecule has 5 heterocycles. The molecule has 3 N–H and O–H groups in total. The molecule has 0 unspecified atom stereocenters. The summed E-state index contributed by atoms with van der Waals surface area (Å²) >= 11 is 0. The molecule has 0 atom stereocenters. The Labute approximate surface area is 201 Å². The van der Waals surface area contributed by atoms with Crippen LogP contribution in [0, 0.1) is 6.92 Å². The number of hydrogen-bond donors (Lipinski definition) is 3. The molecule has 1 saturated heterocycles. The standard InChI is InChI=1S/C22H27N11O2/c1-13-18(5-14(6-23-13)26-19(34)12-33-10-16(11-33)35-4)28-20-17-8-24-22(29-21(17)32(3)30-20)27-15-7-25-31(2)9-15/h5-9,16H,10-12H2,1-4H3,(H,26,34)(H,28,30)(H,24,27,29). The number of aromatic nitrogens is 7. The lowest BCUT2D eigenvalue weighted by atomic mass is 10.1. The van der Waals surface area contributed by atoms with Gasteiger partial charge in [0.25, 0.3) is 0 Å². The van der Waals surface area contributed by atoms with Gasteiger partial charge in [-0.1, -0.05) is 0 Å². The van der Waals surface area contributed by atoms with E-state index in [0.717, 1.165) is 35.5 Å². The molecule has 0 aromatic carbocycles. The van der Waals surface area contributed by atoms with Crippen LogP contribution in [0.1, 0.15) is 5.69 Å². The fraction of sp³-hybridized carbons (Fsp3) is 0.364. The second-order valence-electron chi connectivity index (χ2n) is 8.51. The number of anilines is 5. The van der Waals surface area contributed by atoms with E-state index >= 15 is 0 Å². The van der Waals surface area contributed by atoms with E-state index in [1.807, 2.05) is 38.2 Å². The summed E-state index contributed by atoms with van der Waals surface area (Å²) in [5, 5.41) is 18.8. The van der Waals surface area contributed by atoms with Crippen molar-refractivity contribution in [1.29, 1.82) is 0 Å². The van der Waals surface area contributed by atoms with E-state index in [2.05, 4.69) is 41.1 Å². The highest BCUT2D eigenvalue weighted by atomic mass is 16.5. The summed E-state index contributed by atoms with van der Waals surface area (Å²) in [4.78, 5) is 27.9. The number of nitrogens with one attached hydrogen (secondary N) is 3. The van der Waals surface area contributed by atoms with Crippen molar-refractivity contribution in [3.8, 4) is 0 Å². The van der Waals surface area contributed by atoms with Crippen LogP contribution in [0.2, 0.25) is 0 Å². The van der Waals surface area contributed by atoms with Gasteiger partial charge in [-0.3, -0.25) is 19.4 Å². The maximum atomic E-state index is 12.4. The Balaban J connectivity index is 1.30. The van der Waals surface area contributed by atoms with E-state index in [1.165, 1.54) is 0 Å². The van der Waals surface area contributed by atoms with Gasteiger partial charge in [0.2, 0.25) is 11.9 Å². The third-order valence-electron chi connectivity index (χ3n) is 5.79. The lowest BCUT2D eigenvalue weighted by Crippen LogP contribution is -2.53. The molecule has 13 nitrogen and oxygen atoms in total. The minimum atomic E-state index is -0.0958. The molecule has 0 spiro atoms. The van der Waals surface area contributed by atoms with Crippen LogP contribution < -0.4 is 16.0 Å². The number of aryl methyl sites for hydroxylation is 3. The van der Waals surface area contributed by atoms with Crippen LogP contribution in [0.15, 0.2) is 30.9 Å². The number of carbonyl (C=O) groups is 1. The van der Waals surface area contributed by atoms with Crippen LogP contribution in [-0.4, -0.2) is 78.2 Å². The maximum absolute atomic E-state index is 12.4. The van der Waals surface area contributed by atoms with Gasteiger partial charge in [-0.25, -0.2) is 9.67 Å². The fourth-order valence-corrected chi connectivity index (χ4v) is 3.87. The zero-order valence-electron chi connectivity index (χ0n) is 20.0. The summed E-state index contributed by atoms with van der Waals surface area (Å²) in [6, 6.07) is 1.84. The molecular formula is C22H27N11O2. The lowest BCUT2D eigenvalue weighted by molar-refractivity contribution is -0.120. The van der Waals surface area contributed by atoms with Crippen molar-refractivity contribution < 1.29 is 9.53 Å². The van der Waals surface area contributed by atoms with Gasteiger partial charge in [0.1, 0.15) is 0 Å². The average Bonchev–Trinajstić information content (AvgIpc) is 3.35. The van der Waals surface area contributed by atoms with Crippen molar-refractivity contribution in [2.24, 2.45) is 14.1 Å². The summed E-state index contributed by atoms with van der Waals surface area (Å²) in [5.74, 6) is 0.943. The first-order valence-corrected chi connectivity index (χ1v) is 11.1. The molecular weight excluding hydrogens is 450 g/mol. The van der Waals surface area contributed by atoms with Gasteiger partial charge < -0.3 is 20.7 Å². The predicted octanol–water partition coefficient (Wildman–Crippen LogP) is 1.56. The summed E-state index contributed by atoms with van der Waals surface area (Å²) < 4.78 is 8.63. The topological polar surface area (TPSA) is 140 Å². The highest BCUT2D eigenvalue weighted by Gasteiger charge is 2.27. The van der Waals surface area contributed by atoms with Crippen molar-refractivity contribution in [1.82, 2.24) is 39.4 Å². The minimum Gasteiger partial charge on any atom is -0.379 e. The zero-order chi connectivity index (χ0) is 24.5. The van der Waals surface area contributed by atoms with Crippen LogP contribution in [0.25, 0.3) is 11.0 Å². The predicted molar refractivity (Wildman–Crippen MR) is 131 cm³/mol. The molecule has 35 heavy (non-hydrogen) atoms. The molecule has 1 fully saturated rings. The van der Waals surface area contributed by atoms with Crippen LogP contribution in [-0.2, 0) is 23.6 Å². The Morgan fingerprint density at radius 3 is 2.71 bits per heavy atom. The highest BCUT2D eigenvalue weighted by molar-refractivity contribution is 5.93. The summed E-state index contributed by atoms with van der Waals surface area (Å²) in [5.41, 5.74) is 3.55. The number of methoxy groups -OCH3 is 1. The number of carbonyl (C=O) groups excluding carboxylic acids is 1. The largest absolute Gasteiger partial charge is 0.379 e. The molecule has 1 aliphatic rings. The van der Waals surface area contributed by atoms with E-state index < -0.39 is 0 Å². The van der Waals surface area contributed by atoms with Crippen molar-refractivity contribution in [3.63, 3.8) is 0 Å². The van der Waals surface area contributed by atoms with E-state index in [1.54, 1.807) is 35.1 Å². The van der Waals surface area contributed by atoms with E-state index in [0.29, 0.717) is 29.6 Å². The number of nitrogens with zero attached hydrogens (tertiary/aromatic N) is 8. The smallest absolute Gasteiger partial charge is 0.238 e. The summed E-state index contributed by atoms with van der Waals surface area (Å²) in [7, 11) is 5.35. The SMILES string of the molecule is COC1CN(CC(=O)Nc2cnc(C)c(Nc3nn(C)c4nc(Nc5cnn(C)c5)ncc34)c2)C1. The Hall–Kier alpha value is -4.10. The first kappa shape index (κ1) is 22.7. The molecule has 4 aromatic heterocycles. The van der Waals surface area contributed by atoms with E-state index in [9.17, 15) is 4.79 Å². The molecule has 1 amide bonds. The van der Waals surface area contributed by atoms with Gasteiger partial charge in [-0.15, -0.1) is 0 Å². The third-order valence-corrected chi connectivity index (χ3v) is 5.79. The number of hydrogen-bond acceptors (Lipinski definition) is 10. The normalized spacial score (nSPS) is 14.2. The fourth-order valence-electron chi connectivity index (χ4n) is 3.87. The molecule has 4 aromatic rings. The molecule has 13 heteroatoms. The lowest BCUT2D eigenvalue weighted by Gasteiger charge is -2.37. The van der Waals surface area contributed by atoms with Gasteiger partial charge in [-0.05, 0) is 13.0 Å². The first-order chi connectivity index (χ1) is 16.9. The molecule has 0 bridgehead atoms. The number of fused-ring (bicyclic) bond motifs is 1. The molecule has 0 saturated carbocycles. The quantitative estimate of drug-likeness (QED) is 0.342. The molecule has 5 rings (SSSR count). The van der Waals surface area contributed by atoms with E-state index in [4.69, 9.17) is 4.74 Å². The van der Waals surface area contributed by atoms with E-state index in [-0.39, 0.29) is 12.0 Å². The van der Waals surface area contributed by atoms with Crippen molar-refractivity contribution in [2.75, 3.05) is 42.7 Å². The number of pyridine rings is 1. The van der Waals surface area contributed by atoms with Gasteiger partial charge >= 0.3 is 0 Å².